The molecule has 0 aliphatic heterocycles. The maximum Gasteiger partial charge on any atom is 0.339 e. The molecule has 0 radical (unpaired) electrons. The molecule has 0 spiro atoms. The highest BCUT2D eigenvalue weighted by Gasteiger charge is 2.14. The summed E-state index contributed by atoms with van der Waals surface area (Å²) >= 11 is 0. The molecule has 3 rings (SSSR count). The summed E-state index contributed by atoms with van der Waals surface area (Å²) in [5, 5.41) is 4.20. The van der Waals surface area contributed by atoms with Gasteiger partial charge in [-0.1, -0.05) is 0 Å². The predicted molar refractivity (Wildman–Crippen MR) is 110 cm³/mol. The van der Waals surface area contributed by atoms with Crippen LogP contribution in [-0.2, 0) is 6.54 Å². The van der Waals surface area contributed by atoms with Crippen molar-refractivity contribution in [2.45, 2.75) is 33.4 Å². The van der Waals surface area contributed by atoms with Crippen LogP contribution >= 0.6 is 0 Å². The average Bonchev–Trinajstić information content (AvgIpc) is 3.17. The van der Waals surface area contributed by atoms with Gasteiger partial charge in [0.2, 0.25) is 0 Å². The van der Waals surface area contributed by atoms with Crippen molar-refractivity contribution in [1.82, 2.24) is 10.2 Å². The first kappa shape index (κ1) is 20.7. The zero-order valence-corrected chi connectivity index (χ0v) is 17.4. The monoisotopic (exact) mass is 398 g/mol. The standard InChI is InChI=1S/C22H26N2O5/c1-13(23-11-17-7-9-19(28-17)21(25)24(4)5)12-27-16-6-8-18-14(2)15(3)22(26)29-20(18)10-16/h6-10,13,23H,11-12H2,1-5H3. The molecule has 7 nitrogen and oxygen atoms in total. The lowest BCUT2D eigenvalue weighted by Crippen LogP contribution is -2.31. The summed E-state index contributed by atoms with van der Waals surface area (Å²) < 4.78 is 16.8. The number of rotatable bonds is 7. The van der Waals surface area contributed by atoms with Crippen molar-refractivity contribution in [2.24, 2.45) is 0 Å². The van der Waals surface area contributed by atoms with Crippen molar-refractivity contribution >= 4 is 16.9 Å². The van der Waals surface area contributed by atoms with E-state index in [1.54, 1.807) is 39.2 Å². The van der Waals surface area contributed by atoms with Crippen LogP contribution in [0.5, 0.6) is 5.75 Å². The highest BCUT2D eigenvalue weighted by Crippen LogP contribution is 2.24. The number of furan rings is 1. The van der Waals surface area contributed by atoms with Gasteiger partial charge in [-0.2, -0.15) is 0 Å². The molecule has 1 amide bonds. The van der Waals surface area contributed by atoms with Gasteiger partial charge < -0.3 is 23.8 Å². The molecule has 1 atom stereocenters. The topological polar surface area (TPSA) is 84.9 Å². The Kier molecular flexibility index (Phi) is 6.08. The Balaban J connectivity index is 1.57. The van der Waals surface area contributed by atoms with Gasteiger partial charge in [0.05, 0.1) is 6.54 Å². The van der Waals surface area contributed by atoms with E-state index in [0.29, 0.717) is 41.6 Å². The van der Waals surface area contributed by atoms with Gasteiger partial charge in [0.25, 0.3) is 5.91 Å². The number of carbonyl (C=O) groups excluding carboxylic acids is 1. The lowest BCUT2D eigenvalue weighted by atomic mass is 10.1. The largest absolute Gasteiger partial charge is 0.492 e. The Bertz CT molecular complexity index is 1080. The number of amides is 1. The number of nitrogens with one attached hydrogen (secondary N) is 1. The van der Waals surface area contributed by atoms with Crippen LogP contribution in [0.4, 0.5) is 0 Å². The summed E-state index contributed by atoms with van der Waals surface area (Å²) in [5.41, 5.74) is 1.73. The smallest absolute Gasteiger partial charge is 0.339 e. The Morgan fingerprint density at radius 3 is 2.62 bits per heavy atom. The van der Waals surface area contributed by atoms with Gasteiger partial charge in [0.15, 0.2) is 5.76 Å². The summed E-state index contributed by atoms with van der Waals surface area (Å²) in [4.78, 5) is 25.2. The van der Waals surface area contributed by atoms with E-state index in [9.17, 15) is 9.59 Å². The molecule has 0 saturated carbocycles. The molecular formula is C22H26N2O5. The average molecular weight is 398 g/mol. The fourth-order valence-corrected chi connectivity index (χ4v) is 2.88. The minimum Gasteiger partial charge on any atom is -0.492 e. The summed E-state index contributed by atoms with van der Waals surface area (Å²) in [7, 11) is 3.37. The molecule has 0 aliphatic rings. The molecule has 2 aromatic heterocycles. The predicted octanol–water partition coefficient (Wildman–Crippen LogP) is 3.26. The van der Waals surface area contributed by atoms with Crippen LogP contribution in [0.1, 0.15) is 34.4 Å². The second kappa shape index (κ2) is 8.53. The Morgan fingerprint density at radius 2 is 1.90 bits per heavy atom. The molecule has 0 aliphatic carbocycles. The summed E-state index contributed by atoms with van der Waals surface area (Å²) in [6.07, 6.45) is 0. The maximum atomic E-state index is 11.9. The minimum absolute atomic E-state index is 0.0376. The zero-order valence-electron chi connectivity index (χ0n) is 17.4. The Hall–Kier alpha value is -3.06. The fourth-order valence-electron chi connectivity index (χ4n) is 2.88. The SMILES string of the molecule is Cc1c(C)c2ccc(OCC(C)NCc3ccc(C(=O)N(C)C)o3)cc2oc1=O. The molecule has 0 fully saturated rings. The molecule has 0 saturated heterocycles. The fraction of sp³-hybridized carbons (Fsp3) is 0.364. The third-order valence-electron chi connectivity index (χ3n) is 4.83. The van der Waals surface area contributed by atoms with E-state index in [1.807, 2.05) is 26.0 Å². The van der Waals surface area contributed by atoms with Crippen LogP contribution in [0.3, 0.4) is 0 Å². The van der Waals surface area contributed by atoms with Gasteiger partial charge >= 0.3 is 5.63 Å². The van der Waals surface area contributed by atoms with Crippen LogP contribution in [0.25, 0.3) is 11.0 Å². The van der Waals surface area contributed by atoms with Crippen molar-refractivity contribution < 1.29 is 18.4 Å². The molecule has 1 aromatic carbocycles. The number of fused-ring (bicyclic) bond motifs is 1. The first-order valence-electron chi connectivity index (χ1n) is 9.47. The van der Waals surface area contributed by atoms with Crippen molar-refractivity contribution in [1.29, 1.82) is 0 Å². The number of ether oxygens (including phenoxy) is 1. The van der Waals surface area contributed by atoms with E-state index in [4.69, 9.17) is 13.6 Å². The molecule has 7 heteroatoms. The molecule has 1 N–H and O–H groups in total. The Labute approximate surface area is 169 Å². The zero-order chi connectivity index (χ0) is 21.1. The number of hydrogen-bond acceptors (Lipinski definition) is 6. The van der Waals surface area contributed by atoms with E-state index in [-0.39, 0.29) is 17.6 Å². The van der Waals surface area contributed by atoms with Crippen molar-refractivity contribution in [3.05, 3.63) is 63.4 Å². The first-order chi connectivity index (χ1) is 13.8. The highest BCUT2D eigenvalue weighted by atomic mass is 16.5. The number of aryl methyl sites for hydroxylation is 1. The normalized spacial score (nSPS) is 12.2. The van der Waals surface area contributed by atoms with E-state index < -0.39 is 0 Å². The lowest BCUT2D eigenvalue weighted by molar-refractivity contribution is 0.0794. The van der Waals surface area contributed by atoms with E-state index in [2.05, 4.69) is 5.32 Å². The van der Waals surface area contributed by atoms with Gasteiger partial charge in [0, 0.05) is 37.2 Å². The van der Waals surface area contributed by atoms with Crippen LogP contribution in [0.15, 0.2) is 44.0 Å². The lowest BCUT2D eigenvalue weighted by Gasteiger charge is -2.15. The van der Waals surface area contributed by atoms with E-state index in [1.165, 1.54) is 4.90 Å². The number of carbonyl (C=O) groups is 1. The van der Waals surface area contributed by atoms with Crippen molar-refractivity contribution in [2.75, 3.05) is 20.7 Å². The van der Waals surface area contributed by atoms with Gasteiger partial charge in [0.1, 0.15) is 23.7 Å². The quantitative estimate of drug-likeness (QED) is 0.615. The molecule has 3 aromatic rings. The number of nitrogens with zero attached hydrogens (tertiary/aromatic N) is 1. The van der Waals surface area contributed by atoms with Gasteiger partial charge in [-0.15, -0.1) is 0 Å². The molecule has 154 valence electrons. The first-order valence-corrected chi connectivity index (χ1v) is 9.47. The van der Waals surface area contributed by atoms with Crippen LogP contribution in [0.2, 0.25) is 0 Å². The van der Waals surface area contributed by atoms with E-state index >= 15 is 0 Å². The maximum absolute atomic E-state index is 11.9. The molecular weight excluding hydrogens is 372 g/mol. The minimum atomic E-state index is -0.326. The second-order valence-electron chi connectivity index (χ2n) is 7.36. The summed E-state index contributed by atoms with van der Waals surface area (Å²) in [5.74, 6) is 1.47. The highest BCUT2D eigenvalue weighted by molar-refractivity contribution is 5.91. The molecule has 29 heavy (non-hydrogen) atoms. The van der Waals surface area contributed by atoms with Crippen molar-refractivity contribution in [3.8, 4) is 5.75 Å². The number of hydrogen-bond donors (Lipinski definition) is 1. The van der Waals surface area contributed by atoms with Crippen molar-refractivity contribution in [3.63, 3.8) is 0 Å². The number of benzene rings is 1. The molecule has 0 bridgehead atoms. The van der Waals surface area contributed by atoms with Crippen LogP contribution in [0, 0.1) is 13.8 Å². The van der Waals surface area contributed by atoms with Gasteiger partial charge in [-0.25, -0.2) is 4.79 Å². The van der Waals surface area contributed by atoms with E-state index in [0.717, 1.165) is 10.9 Å². The Morgan fingerprint density at radius 1 is 1.14 bits per heavy atom. The molecule has 2 heterocycles. The third-order valence-corrected chi connectivity index (χ3v) is 4.83. The van der Waals surface area contributed by atoms with Crippen LogP contribution < -0.4 is 15.7 Å². The summed E-state index contributed by atoms with van der Waals surface area (Å²) in [6.45, 7) is 6.56. The molecule has 1 unspecified atom stereocenters. The van der Waals surface area contributed by atoms with Gasteiger partial charge in [-0.3, -0.25) is 4.79 Å². The third kappa shape index (κ3) is 4.68. The van der Waals surface area contributed by atoms with Gasteiger partial charge in [-0.05, 0) is 50.6 Å². The van der Waals surface area contributed by atoms with Crippen LogP contribution in [-0.4, -0.2) is 37.6 Å². The summed E-state index contributed by atoms with van der Waals surface area (Å²) in [6, 6.07) is 9.00. The second-order valence-corrected chi connectivity index (χ2v) is 7.36.